The van der Waals surface area contributed by atoms with E-state index in [0.29, 0.717) is 5.57 Å². The van der Waals surface area contributed by atoms with Crippen molar-refractivity contribution in [1.82, 2.24) is 0 Å². The predicted octanol–water partition coefficient (Wildman–Crippen LogP) is -0.151. The average molecular weight is 174 g/mol. The summed E-state index contributed by atoms with van der Waals surface area (Å²) in [6.07, 6.45) is 0.810. The van der Waals surface area contributed by atoms with E-state index in [1.54, 1.807) is 6.92 Å². The number of carbonyl (C=O) groups excluding carboxylic acids is 1. The van der Waals surface area contributed by atoms with E-state index in [9.17, 15) is 4.79 Å². The Balaban J connectivity index is 4.05. The first kappa shape index (κ1) is 11.1. The number of hydrogen-bond donors (Lipinski definition) is 2. The van der Waals surface area contributed by atoms with Crippen LogP contribution in [0.15, 0.2) is 11.6 Å². The molecule has 2 N–H and O–H groups in total. The molecule has 0 aliphatic heterocycles. The Hall–Kier alpha value is -0.870. The van der Waals surface area contributed by atoms with Gasteiger partial charge in [-0.1, -0.05) is 0 Å². The Kier molecular flexibility index (Phi) is 5.32. The Morgan fingerprint density at radius 1 is 1.67 bits per heavy atom. The maximum Gasteiger partial charge on any atom is 0.333 e. The van der Waals surface area contributed by atoms with Crippen LogP contribution in [0.3, 0.4) is 0 Å². The summed E-state index contributed by atoms with van der Waals surface area (Å²) in [7, 11) is 1.28. The summed E-state index contributed by atoms with van der Waals surface area (Å²) in [4.78, 5) is 10.8. The number of aliphatic hydroxyl groups is 2. The number of hydrogen-bond acceptors (Lipinski definition) is 4. The smallest absolute Gasteiger partial charge is 0.333 e. The van der Waals surface area contributed by atoms with Crippen LogP contribution in [0.4, 0.5) is 0 Å². The minimum absolute atomic E-state index is 0.105. The number of aliphatic hydroxyl groups excluding tert-OH is 2. The molecule has 0 spiro atoms. The first-order valence-electron chi connectivity index (χ1n) is 3.67. The number of methoxy groups -OCH3 is 1. The predicted molar refractivity (Wildman–Crippen MR) is 43.5 cm³/mol. The summed E-state index contributed by atoms with van der Waals surface area (Å²) in [6, 6.07) is 0. The topological polar surface area (TPSA) is 66.8 Å². The van der Waals surface area contributed by atoms with E-state index in [-0.39, 0.29) is 13.0 Å². The van der Waals surface area contributed by atoms with E-state index in [4.69, 9.17) is 10.2 Å². The van der Waals surface area contributed by atoms with Crippen LogP contribution in [0.25, 0.3) is 0 Å². The standard InChI is InChI=1S/C8H14O4/c1-6(8(11)12-2)5-7(10)3-4-9/h5,7,9-10H,3-4H2,1-2H3. The van der Waals surface area contributed by atoms with Crippen molar-refractivity contribution in [2.75, 3.05) is 13.7 Å². The Bertz CT molecular complexity index is 174. The first-order valence-corrected chi connectivity index (χ1v) is 3.67. The molecule has 0 amide bonds. The quantitative estimate of drug-likeness (QED) is 0.459. The van der Waals surface area contributed by atoms with Crippen LogP contribution >= 0.6 is 0 Å². The van der Waals surface area contributed by atoms with Crippen molar-refractivity contribution >= 4 is 5.97 Å². The van der Waals surface area contributed by atoms with Gasteiger partial charge in [0.25, 0.3) is 0 Å². The molecule has 1 atom stereocenters. The van der Waals surface area contributed by atoms with E-state index in [0.717, 1.165) is 0 Å². The third-order valence-corrected chi connectivity index (χ3v) is 1.37. The molecule has 0 aliphatic rings. The van der Waals surface area contributed by atoms with Crippen molar-refractivity contribution in [1.29, 1.82) is 0 Å². The van der Waals surface area contributed by atoms with Gasteiger partial charge >= 0.3 is 5.97 Å². The van der Waals surface area contributed by atoms with E-state index in [2.05, 4.69) is 4.74 Å². The van der Waals surface area contributed by atoms with Crippen molar-refractivity contribution in [3.8, 4) is 0 Å². The normalized spacial score (nSPS) is 14.2. The van der Waals surface area contributed by atoms with Crippen LogP contribution in [0.5, 0.6) is 0 Å². The van der Waals surface area contributed by atoms with Crippen LogP contribution in [0.2, 0.25) is 0 Å². The molecule has 4 nitrogen and oxygen atoms in total. The van der Waals surface area contributed by atoms with Gasteiger partial charge in [0.1, 0.15) is 0 Å². The second kappa shape index (κ2) is 5.74. The molecule has 0 heterocycles. The van der Waals surface area contributed by atoms with Gasteiger partial charge in [-0.25, -0.2) is 4.79 Å². The van der Waals surface area contributed by atoms with Gasteiger partial charge in [-0.05, 0) is 13.0 Å². The zero-order valence-electron chi connectivity index (χ0n) is 7.28. The van der Waals surface area contributed by atoms with Crippen molar-refractivity contribution in [2.24, 2.45) is 0 Å². The SMILES string of the molecule is COC(=O)C(C)=CC(O)CCO. The van der Waals surface area contributed by atoms with E-state index >= 15 is 0 Å². The first-order chi connectivity index (χ1) is 5.61. The highest BCUT2D eigenvalue weighted by Gasteiger charge is 2.06. The molecular formula is C8H14O4. The van der Waals surface area contributed by atoms with Crippen molar-refractivity contribution in [2.45, 2.75) is 19.4 Å². The van der Waals surface area contributed by atoms with Crippen molar-refractivity contribution in [3.63, 3.8) is 0 Å². The molecule has 0 aromatic rings. The highest BCUT2D eigenvalue weighted by atomic mass is 16.5. The molecule has 0 saturated carbocycles. The highest BCUT2D eigenvalue weighted by molar-refractivity contribution is 5.87. The second-order valence-corrected chi connectivity index (χ2v) is 2.42. The van der Waals surface area contributed by atoms with Gasteiger partial charge in [0.15, 0.2) is 0 Å². The third-order valence-electron chi connectivity index (χ3n) is 1.37. The lowest BCUT2D eigenvalue weighted by Crippen LogP contribution is -2.09. The van der Waals surface area contributed by atoms with Gasteiger partial charge in [-0.3, -0.25) is 0 Å². The van der Waals surface area contributed by atoms with Crippen LogP contribution < -0.4 is 0 Å². The summed E-state index contributed by atoms with van der Waals surface area (Å²) in [5.74, 6) is -0.466. The minimum atomic E-state index is -0.783. The molecule has 0 aromatic carbocycles. The van der Waals surface area contributed by atoms with Gasteiger partial charge in [0.2, 0.25) is 0 Å². The molecule has 0 saturated heterocycles. The number of carbonyl (C=O) groups is 1. The van der Waals surface area contributed by atoms with Crippen LogP contribution in [-0.2, 0) is 9.53 Å². The Morgan fingerprint density at radius 3 is 2.67 bits per heavy atom. The Labute approximate surface area is 71.5 Å². The number of rotatable bonds is 4. The lowest BCUT2D eigenvalue weighted by atomic mass is 10.2. The molecular weight excluding hydrogens is 160 g/mol. The van der Waals surface area contributed by atoms with Crippen LogP contribution in [-0.4, -0.2) is 36.0 Å². The van der Waals surface area contributed by atoms with Crippen LogP contribution in [0.1, 0.15) is 13.3 Å². The molecule has 12 heavy (non-hydrogen) atoms. The maximum atomic E-state index is 10.8. The monoisotopic (exact) mass is 174 g/mol. The van der Waals surface area contributed by atoms with Gasteiger partial charge in [0, 0.05) is 18.6 Å². The van der Waals surface area contributed by atoms with E-state index < -0.39 is 12.1 Å². The molecule has 0 bridgehead atoms. The zero-order valence-corrected chi connectivity index (χ0v) is 7.28. The van der Waals surface area contributed by atoms with Gasteiger partial charge in [-0.2, -0.15) is 0 Å². The van der Waals surface area contributed by atoms with Crippen LogP contribution in [0, 0.1) is 0 Å². The summed E-state index contributed by atoms with van der Waals surface area (Å²) in [5, 5.41) is 17.6. The number of ether oxygens (including phenoxy) is 1. The molecule has 70 valence electrons. The van der Waals surface area contributed by atoms with Crippen molar-refractivity contribution < 1.29 is 19.7 Å². The average Bonchev–Trinajstić information content (AvgIpc) is 2.03. The van der Waals surface area contributed by atoms with Crippen molar-refractivity contribution in [3.05, 3.63) is 11.6 Å². The molecule has 0 radical (unpaired) electrons. The summed E-state index contributed by atoms with van der Waals surface area (Å²) in [6.45, 7) is 1.44. The Morgan fingerprint density at radius 2 is 2.25 bits per heavy atom. The minimum Gasteiger partial charge on any atom is -0.466 e. The zero-order chi connectivity index (χ0) is 9.56. The lowest BCUT2D eigenvalue weighted by Gasteiger charge is -2.04. The van der Waals surface area contributed by atoms with Gasteiger partial charge < -0.3 is 14.9 Å². The maximum absolute atomic E-state index is 10.8. The number of esters is 1. The molecule has 1 unspecified atom stereocenters. The third kappa shape index (κ3) is 4.10. The van der Waals surface area contributed by atoms with E-state index in [1.807, 2.05) is 0 Å². The fourth-order valence-corrected chi connectivity index (χ4v) is 0.733. The lowest BCUT2D eigenvalue weighted by molar-refractivity contribution is -0.136. The summed E-state index contributed by atoms with van der Waals surface area (Å²) >= 11 is 0. The summed E-state index contributed by atoms with van der Waals surface area (Å²) in [5.41, 5.74) is 0.346. The van der Waals surface area contributed by atoms with E-state index in [1.165, 1.54) is 13.2 Å². The fourth-order valence-electron chi connectivity index (χ4n) is 0.733. The highest BCUT2D eigenvalue weighted by Crippen LogP contribution is 2.00. The molecule has 0 rings (SSSR count). The summed E-state index contributed by atoms with van der Waals surface area (Å²) < 4.78 is 4.41. The molecule has 0 aromatic heterocycles. The molecule has 0 fully saturated rings. The fraction of sp³-hybridized carbons (Fsp3) is 0.625. The second-order valence-electron chi connectivity index (χ2n) is 2.42. The van der Waals surface area contributed by atoms with Gasteiger partial charge in [0.05, 0.1) is 13.2 Å². The molecule has 0 aliphatic carbocycles. The molecule has 4 heteroatoms. The largest absolute Gasteiger partial charge is 0.466 e. The van der Waals surface area contributed by atoms with Gasteiger partial charge in [-0.15, -0.1) is 0 Å².